The molecule has 6 nitrogen and oxygen atoms in total. The highest BCUT2D eigenvalue weighted by Crippen LogP contribution is 2.55. The number of amides is 1. The Bertz CT molecular complexity index is 1050. The van der Waals surface area contributed by atoms with Gasteiger partial charge in [0.1, 0.15) is 5.60 Å². The summed E-state index contributed by atoms with van der Waals surface area (Å²) in [6.07, 6.45) is 0.963. The van der Waals surface area contributed by atoms with E-state index in [4.69, 9.17) is 4.74 Å². The number of anilines is 1. The lowest BCUT2D eigenvalue weighted by atomic mass is 9.71. The summed E-state index contributed by atoms with van der Waals surface area (Å²) in [4.78, 5) is 34.9. The molecule has 7 heteroatoms. The van der Waals surface area contributed by atoms with Crippen molar-refractivity contribution in [2.75, 3.05) is 31.1 Å². The topological polar surface area (TPSA) is 62.7 Å². The molecule has 31 heavy (non-hydrogen) atoms. The highest BCUT2D eigenvalue weighted by Gasteiger charge is 2.62. The minimum atomic E-state index is -0.527. The quantitative estimate of drug-likeness (QED) is 0.675. The van der Waals surface area contributed by atoms with Crippen LogP contribution in [0.2, 0.25) is 0 Å². The van der Waals surface area contributed by atoms with Crippen LogP contribution in [0.4, 0.5) is 5.69 Å². The molecule has 0 bridgehead atoms. The SMILES string of the molecule is CC(C)(C)OC(=O)C1CN(c2cccc3ncsc23)CC12CN(C(=O)[C@H]1CC1(C)C)C2. The average molecular weight is 442 g/mol. The van der Waals surface area contributed by atoms with Crippen LogP contribution in [0.15, 0.2) is 23.7 Å². The zero-order valence-electron chi connectivity index (χ0n) is 19.0. The maximum atomic E-state index is 13.2. The summed E-state index contributed by atoms with van der Waals surface area (Å²) in [5.41, 5.74) is 3.32. The number of hydrogen-bond acceptors (Lipinski definition) is 6. The Morgan fingerprint density at radius 3 is 2.52 bits per heavy atom. The van der Waals surface area contributed by atoms with Crippen LogP contribution >= 0.6 is 11.3 Å². The molecule has 0 N–H and O–H groups in total. The van der Waals surface area contributed by atoms with E-state index < -0.39 is 5.60 Å². The maximum absolute atomic E-state index is 13.2. The first kappa shape index (κ1) is 20.7. The Morgan fingerprint density at radius 1 is 1.16 bits per heavy atom. The van der Waals surface area contributed by atoms with Crippen LogP contribution in [-0.2, 0) is 14.3 Å². The molecule has 2 saturated heterocycles. The largest absolute Gasteiger partial charge is 0.460 e. The van der Waals surface area contributed by atoms with Crippen molar-refractivity contribution in [3.05, 3.63) is 23.7 Å². The highest BCUT2D eigenvalue weighted by molar-refractivity contribution is 7.17. The number of nitrogens with zero attached hydrogens (tertiary/aromatic N) is 3. The van der Waals surface area contributed by atoms with Gasteiger partial charge < -0.3 is 14.5 Å². The van der Waals surface area contributed by atoms with E-state index in [0.29, 0.717) is 19.6 Å². The number of hydrogen-bond donors (Lipinski definition) is 0. The first-order valence-corrected chi connectivity index (χ1v) is 12.0. The van der Waals surface area contributed by atoms with Crippen LogP contribution in [0, 0.1) is 22.7 Å². The van der Waals surface area contributed by atoms with Gasteiger partial charge >= 0.3 is 5.97 Å². The zero-order valence-corrected chi connectivity index (χ0v) is 19.8. The summed E-state index contributed by atoms with van der Waals surface area (Å²) in [6.45, 7) is 12.7. The zero-order chi connectivity index (χ0) is 22.2. The molecule has 1 aromatic carbocycles. The molecule has 3 aliphatic rings. The van der Waals surface area contributed by atoms with Crippen LogP contribution < -0.4 is 4.90 Å². The van der Waals surface area contributed by atoms with Crippen LogP contribution in [0.25, 0.3) is 10.2 Å². The first-order valence-electron chi connectivity index (χ1n) is 11.1. The van der Waals surface area contributed by atoms with Crippen molar-refractivity contribution in [2.45, 2.75) is 46.6 Å². The molecule has 2 aromatic rings. The van der Waals surface area contributed by atoms with E-state index in [1.54, 1.807) is 11.3 Å². The summed E-state index contributed by atoms with van der Waals surface area (Å²) in [6, 6.07) is 6.16. The van der Waals surface area contributed by atoms with Crippen molar-refractivity contribution in [3.63, 3.8) is 0 Å². The number of benzene rings is 1. The standard InChI is InChI=1S/C24H31N3O3S/c1-22(2,3)30-21(29)16-10-26(18-8-6-7-17-19(18)31-14-25-17)11-24(16)12-27(13-24)20(28)15-9-23(15,4)5/h6-8,14-16H,9-13H2,1-5H3/t15-,16?/m1/s1. The molecule has 1 aromatic heterocycles. The second-order valence-electron chi connectivity index (χ2n) is 11.2. The van der Waals surface area contributed by atoms with E-state index in [1.807, 2.05) is 43.3 Å². The van der Waals surface area contributed by atoms with Gasteiger partial charge in [-0.3, -0.25) is 9.59 Å². The first-order chi connectivity index (χ1) is 14.5. The minimum absolute atomic E-state index is 0.119. The van der Waals surface area contributed by atoms with Crippen LogP contribution in [0.3, 0.4) is 0 Å². The maximum Gasteiger partial charge on any atom is 0.312 e. The molecule has 166 valence electrons. The van der Waals surface area contributed by atoms with Gasteiger partial charge in [-0.15, -0.1) is 11.3 Å². The van der Waals surface area contributed by atoms with Crippen molar-refractivity contribution in [2.24, 2.45) is 22.7 Å². The Kier molecular flexibility index (Phi) is 4.46. The summed E-state index contributed by atoms with van der Waals surface area (Å²) < 4.78 is 6.97. The molecule has 0 radical (unpaired) electrons. The molecule has 3 heterocycles. The molecular formula is C24H31N3O3S. The molecular weight excluding hydrogens is 410 g/mol. The molecule has 1 spiro atoms. The van der Waals surface area contributed by atoms with E-state index in [-0.39, 0.29) is 34.5 Å². The van der Waals surface area contributed by atoms with E-state index in [9.17, 15) is 9.59 Å². The monoisotopic (exact) mass is 441 g/mol. The lowest BCUT2D eigenvalue weighted by Crippen LogP contribution is -2.64. The molecule has 1 amide bonds. The predicted molar refractivity (Wildman–Crippen MR) is 122 cm³/mol. The molecule has 2 aliphatic heterocycles. The normalized spacial score (nSPS) is 26.2. The number of ether oxygens (including phenoxy) is 1. The molecule has 2 atom stereocenters. The smallest absolute Gasteiger partial charge is 0.312 e. The Hall–Kier alpha value is -2.15. The second kappa shape index (κ2) is 6.67. The Labute approximate surface area is 187 Å². The number of fused-ring (bicyclic) bond motifs is 1. The van der Waals surface area contributed by atoms with Gasteiger partial charge in [-0.2, -0.15) is 0 Å². The number of rotatable bonds is 3. The number of thiazole rings is 1. The molecule has 5 rings (SSSR count). The van der Waals surface area contributed by atoms with Gasteiger partial charge in [0, 0.05) is 37.5 Å². The minimum Gasteiger partial charge on any atom is -0.460 e. The number of carbonyl (C=O) groups is 2. The van der Waals surface area contributed by atoms with Crippen molar-refractivity contribution in [3.8, 4) is 0 Å². The summed E-state index contributed by atoms with van der Waals surface area (Å²) in [5, 5.41) is 0. The molecule has 1 saturated carbocycles. The lowest BCUT2D eigenvalue weighted by molar-refractivity contribution is -0.171. The van der Waals surface area contributed by atoms with Crippen molar-refractivity contribution in [1.82, 2.24) is 9.88 Å². The van der Waals surface area contributed by atoms with Gasteiger partial charge in [0.15, 0.2) is 0 Å². The van der Waals surface area contributed by atoms with E-state index in [2.05, 4.69) is 29.8 Å². The summed E-state index contributed by atoms with van der Waals surface area (Å²) >= 11 is 1.63. The number of aromatic nitrogens is 1. The number of likely N-dealkylation sites (tertiary alicyclic amines) is 1. The fourth-order valence-corrected chi connectivity index (χ4v) is 6.10. The van der Waals surface area contributed by atoms with Gasteiger partial charge in [-0.05, 0) is 44.7 Å². The van der Waals surface area contributed by atoms with Crippen LogP contribution in [0.5, 0.6) is 0 Å². The van der Waals surface area contributed by atoms with Crippen molar-refractivity contribution < 1.29 is 14.3 Å². The van der Waals surface area contributed by atoms with Crippen molar-refractivity contribution in [1.29, 1.82) is 0 Å². The van der Waals surface area contributed by atoms with Gasteiger partial charge in [0.05, 0.1) is 27.3 Å². The van der Waals surface area contributed by atoms with Gasteiger partial charge in [0.25, 0.3) is 0 Å². The van der Waals surface area contributed by atoms with Crippen molar-refractivity contribution >= 4 is 39.1 Å². The summed E-state index contributed by atoms with van der Waals surface area (Å²) in [7, 11) is 0. The van der Waals surface area contributed by atoms with Gasteiger partial charge in [-0.1, -0.05) is 19.9 Å². The van der Waals surface area contributed by atoms with E-state index in [1.165, 1.54) is 0 Å². The highest BCUT2D eigenvalue weighted by atomic mass is 32.1. The second-order valence-corrected chi connectivity index (χ2v) is 12.1. The average Bonchev–Trinajstić information content (AvgIpc) is 3.03. The number of carbonyl (C=O) groups excluding carboxylic acids is 2. The third kappa shape index (κ3) is 3.51. The molecule has 1 unspecified atom stereocenters. The van der Waals surface area contributed by atoms with E-state index in [0.717, 1.165) is 28.9 Å². The Morgan fingerprint density at radius 2 is 1.87 bits per heavy atom. The summed E-state index contributed by atoms with van der Waals surface area (Å²) in [5.74, 6) is -0.00802. The third-order valence-corrected chi connectivity index (χ3v) is 8.02. The van der Waals surface area contributed by atoms with E-state index >= 15 is 0 Å². The number of esters is 1. The van der Waals surface area contributed by atoms with Crippen LogP contribution in [-0.4, -0.2) is 53.5 Å². The van der Waals surface area contributed by atoms with Gasteiger partial charge in [-0.25, -0.2) is 4.98 Å². The fourth-order valence-electron chi connectivity index (χ4n) is 5.27. The third-order valence-electron chi connectivity index (χ3n) is 7.15. The van der Waals surface area contributed by atoms with Crippen LogP contribution in [0.1, 0.15) is 41.0 Å². The lowest BCUT2D eigenvalue weighted by Gasteiger charge is -2.50. The predicted octanol–water partition coefficient (Wildman–Crippen LogP) is 3.95. The van der Waals surface area contributed by atoms with Gasteiger partial charge in [0.2, 0.25) is 5.91 Å². The molecule has 1 aliphatic carbocycles. The Balaban J connectivity index is 1.40. The fraction of sp³-hybridized carbons (Fsp3) is 0.625. The molecule has 3 fully saturated rings.